The highest BCUT2D eigenvalue weighted by atomic mass is 79.9. The van der Waals surface area contributed by atoms with Crippen LogP contribution in [0.1, 0.15) is 31.4 Å². The van der Waals surface area contributed by atoms with Gasteiger partial charge in [0.25, 0.3) is 0 Å². The first-order valence-electron chi connectivity index (χ1n) is 5.71. The molecule has 1 fully saturated rings. The van der Waals surface area contributed by atoms with E-state index in [1.54, 1.807) is 0 Å². The van der Waals surface area contributed by atoms with Gasteiger partial charge in [-0.15, -0.1) is 0 Å². The van der Waals surface area contributed by atoms with Crippen LogP contribution >= 0.6 is 15.9 Å². The van der Waals surface area contributed by atoms with E-state index in [4.69, 9.17) is 5.73 Å². The number of hydrogen-bond acceptors (Lipinski definition) is 2. The lowest BCUT2D eigenvalue weighted by atomic mass is 9.58. The zero-order chi connectivity index (χ0) is 11.8. The van der Waals surface area contributed by atoms with Gasteiger partial charge in [-0.3, -0.25) is 0 Å². The van der Waals surface area contributed by atoms with E-state index in [0.717, 1.165) is 22.9 Å². The first-order chi connectivity index (χ1) is 7.57. The summed E-state index contributed by atoms with van der Waals surface area (Å²) in [5, 5.41) is 10.4. The highest BCUT2D eigenvalue weighted by Crippen LogP contribution is 2.52. The summed E-state index contributed by atoms with van der Waals surface area (Å²) in [6.45, 7) is 2.77. The minimum absolute atomic E-state index is 0.0900. The maximum Gasteiger partial charge on any atom is 0.0858 e. The molecular weight excluding hydrogens is 266 g/mol. The Hall–Kier alpha value is -0.380. The molecule has 2 rings (SSSR count). The predicted octanol–water partition coefficient (Wildman–Crippen LogP) is 2.86. The Kier molecular flexibility index (Phi) is 3.38. The Bertz CT molecular complexity index is 357. The summed E-state index contributed by atoms with van der Waals surface area (Å²) < 4.78 is 1.03. The number of halogens is 1. The molecule has 3 heteroatoms. The molecule has 0 heterocycles. The van der Waals surface area contributed by atoms with Crippen molar-refractivity contribution in [2.24, 2.45) is 17.1 Å². The van der Waals surface area contributed by atoms with Gasteiger partial charge in [-0.1, -0.05) is 35.0 Å². The highest BCUT2D eigenvalue weighted by Gasteiger charge is 2.46. The molecule has 88 valence electrons. The molecule has 0 aliphatic heterocycles. The van der Waals surface area contributed by atoms with Crippen molar-refractivity contribution in [1.82, 2.24) is 0 Å². The van der Waals surface area contributed by atoms with Crippen molar-refractivity contribution in [3.8, 4) is 0 Å². The molecule has 16 heavy (non-hydrogen) atoms. The number of benzene rings is 1. The normalized spacial score (nSPS) is 30.9. The quantitative estimate of drug-likeness (QED) is 0.896. The maximum atomic E-state index is 10.4. The van der Waals surface area contributed by atoms with Crippen LogP contribution in [0.2, 0.25) is 0 Å². The number of aliphatic hydroxyl groups is 1. The third-order valence-electron chi connectivity index (χ3n) is 3.68. The molecule has 1 aliphatic carbocycles. The SMILES string of the molecule is CC1CC(CN)([C@H](O)c2ccc(Br)cc2)C1. The van der Waals surface area contributed by atoms with Gasteiger partial charge in [0.1, 0.15) is 0 Å². The molecule has 2 nitrogen and oxygen atoms in total. The van der Waals surface area contributed by atoms with E-state index in [-0.39, 0.29) is 5.41 Å². The van der Waals surface area contributed by atoms with Gasteiger partial charge in [0.2, 0.25) is 0 Å². The molecule has 0 aromatic heterocycles. The van der Waals surface area contributed by atoms with Crippen molar-refractivity contribution in [1.29, 1.82) is 0 Å². The summed E-state index contributed by atoms with van der Waals surface area (Å²) in [6, 6.07) is 7.86. The van der Waals surface area contributed by atoms with Crippen molar-refractivity contribution < 1.29 is 5.11 Å². The summed E-state index contributed by atoms with van der Waals surface area (Å²) in [7, 11) is 0. The van der Waals surface area contributed by atoms with Crippen LogP contribution in [-0.2, 0) is 0 Å². The fourth-order valence-corrected chi connectivity index (χ4v) is 3.09. The molecule has 1 atom stereocenters. The van der Waals surface area contributed by atoms with Gasteiger partial charge >= 0.3 is 0 Å². The van der Waals surface area contributed by atoms with Gasteiger partial charge in [-0.2, -0.15) is 0 Å². The van der Waals surface area contributed by atoms with Crippen LogP contribution in [0.4, 0.5) is 0 Å². The second-order valence-electron chi connectivity index (χ2n) is 5.03. The lowest BCUT2D eigenvalue weighted by Crippen LogP contribution is -2.46. The Morgan fingerprint density at radius 1 is 1.44 bits per heavy atom. The fraction of sp³-hybridized carbons (Fsp3) is 0.538. The first-order valence-corrected chi connectivity index (χ1v) is 6.50. The Morgan fingerprint density at radius 3 is 2.44 bits per heavy atom. The lowest BCUT2D eigenvalue weighted by Gasteiger charge is -2.49. The molecule has 0 amide bonds. The Balaban J connectivity index is 2.18. The average Bonchev–Trinajstić information content (AvgIpc) is 2.24. The molecule has 0 bridgehead atoms. The smallest absolute Gasteiger partial charge is 0.0858 e. The zero-order valence-electron chi connectivity index (χ0n) is 9.49. The Labute approximate surface area is 105 Å². The van der Waals surface area contributed by atoms with Gasteiger partial charge in [-0.05, 0) is 36.5 Å². The highest BCUT2D eigenvalue weighted by molar-refractivity contribution is 9.10. The van der Waals surface area contributed by atoms with E-state index in [1.807, 2.05) is 24.3 Å². The van der Waals surface area contributed by atoms with Gasteiger partial charge < -0.3 is 10.8 Å². The minimum Gasteiger partial charge on any atom is -0.388 e. The standard InChI is InChI=1S/C13H18BrNO/c1-9-6-13(7-9,8-15)12(16)10-2-4-11(14)5-3-10/h2-5,9,12,16H,6-8,15H2,1H3/t9?,12-,13?/m1/s1. The maximum absolute atomic E-state index is 10.4. The van der Waals surface area contributed by atoms with Crippen LogP contribution in [-0.4, -0.2) is 11.7 Å². The molecule has 1 aromatic carbocycles. The average molecular weight is 284 g/mol. The summed E-state index contributed by atoms with van der Waals surface area (Å²) >= 11 is 3.40. The summed E-state index contributed by atoms with van der Waals surface area (Å²) in [6.07, 6.45) is 1.63. The zero-order valence-corrected chi connectivity index (χ0v) is 11.1. The van der Waals surface area contributed by atoms with Crippen LogP contribution in [0, 0.1) is 11.3 Å². The number of hydrogen-bond donors (Lipinski definition) is 2. The van der Waals surface area contributed by atoms with Gasteiger partial charge in [0.05, 0.1) is 6.10 Å². The van der Waals surface area contributed by atoms with Gasteiger partial charge in [0, 0.05) is 16.4 Å². The van der Waals surface area contributed by atoms with Crippen molar-refractivity contribution in [2.45, 2.75) is 25.9 Å². The third kappa shape index (κ3) is 2.04. The van der Waals surface area contributed by atoms with Crippen molar-refractivity contribution in [3.05, 3.63) is 34.3 Å². The second-order valence-corrected chi connectivity index (χ2v) is 5.95. The fourth-order valence-electron chi connectivity index (χ4n) is 2.83. The van der Waals surface area contributed by atoms with Crippen LogP contribution < -0.4 is 5.73 Å². The first kappa shape index (κ1) is 12.1. The van der Waals surface area contributed by atoms with E-state index in [1.165, 1.54) is 0 Å². The van der Waals surface area contributed by atoms with Crippen molar-refractivity contribution >= 4 is 15.9 Å². The van der Waals surface area contributed by atoms with E-state index in [9.17, 15) is 5.11 Å². The van der Waals surface area contributed by atoms with Crippen molar-refractivity contribution in [2.75, 3.05) is 6.54 Å². The van der Waals surface area contributed by atoms with E-state index in [0.29, 0.717) is 12.5 Å². The molecular formula is C13H18BrNO. The number of nitrogens with two attached hydrogens (primary N) is 1. The number of aliphatic hydroxyl groups excluding tert-OH is 1. The monoisotopic (exact) mass is 283 g/mol. The van der Waals surface area contributed by atoms with Crippen LogP contribution in [0.5, 0.6) is 0 Å². The lowest BCUT2D eigenvalue weighted by molar-refractivity contribution is -0.0602. The van der Waals surface area contributed by atoms with Crippen molar-refractivity contribution in [3.63, 3.8) is 0 Å². The predicted molar refractivity (Wildman–Crippen MR) is 69.0 cm³/mol. The molecule has 0 radical (unpaired) electrons. The van der Waals surface area contributed by atoms with Gasteiger partial charge in [-0.25, -0.2) is 0 Å². The molecule has 0 unspecified atom stereocenters. The molecule has 0 spiro atoms. The summed E-state index contributed by atoms with van der Waals surface area (Å²) in [5.74, 6) is 0.689. The molecule has 0 saturated heterocycles. The van der Waals surface area contributed by atoms with E-state index in [2.05, 4.69) is 22.9 Å². The number of rotatable bonds is 3. The molecule has 1 saturated carbocycles. The van der Waals surface area contributed by atoms with Gasteiger partial charge in [0.15, 0.2) is 0 Å². The summed E-state index contributed by atoms with van der Waals surface area (Å²) in [5.41, 5.74) is 6.71. The molecule has 1 aromatic rings. The molecule has 1 aliphatic rings. The Morgan fingerprint density at radius 2 is 2.00 bits per heavy atom. The van der Waals surface area contributed by atoms with Crippen LogP contribution in [0.25, 0.3) is 0 Å². The second kappa shape index (κ2) is 4.47. The van der Waals surface area contributed by atoms with E-state index < -0.39 is 6.10 Å². The van der Waals surface area contributed by atoms with Crippen LogP contribution in [0.3, 0.4) is 0 Å². The summed E-state index contributed by atoms with van der Waals surface area (Å²) in [4.78, 5) is 0. The topological polar surface area (TPSA) is 46.2 Å². The molecule has 3 N–H and O–H groups in total. The van der Waals surface area contributed by atoms with E-state index >= 15 is 0 Å². The third-order valence-corrected chi connectivity index (χ3v) is 4.21. The minimum atomic E-state index is -0.429. The largest absolute Gasteiger partial charge is 0.388 e. The van der Waals surface area contributed by atoms with Crippen LogP contribution in [0.15, 0.2) is 28.7 Å².